The minimum atomic E-state index is -0.629. The number of benzene rings is 2. The van der Waals surface area contributed by atoms with E-state index < -0.39 is 5.82 Å². The summed E-state index contributed by atoms with van der Waals surface area (Å²) in [6.45, 7) is 1.73. The van der Waals surface area contributed by atoms with Gasteiger partial charge in [-0.3, -0.25) is 4.99 Å². The van der Waals surface area contributed by atoms with E-state index in [4.69, 9.17) is 4.74 Å². The zero-order chi connectivity index (χ0) is 17.2. The van der Waals surface area contributed by atoms with Crippen LogP contribution >= 0.6 is 0 Å². The summed E-state index contributed by atoms with van der Waals surface area (Å²) in [5.74, 6) is 0.507. The Bertz CT molecular complexity index is 663. The van der Waals surface area contributed by atoms with Crippen LogP contribution in [0.2, 0.25) is 0 Å². The molecule has 2 rings (SSSR count). The van der Waals surface area contributed by atoms with Gasteiger partial charge in [0.05, 0.1) is 6.61 Å². The number of hydrogen-bond donors (Lipinski definition) is 3. The Balaban J connectivity index is 1.66. The molecule has 3 N–H and O–H groups in total. The SMILES string of the molecule is CN=C(NCCCOc1ccccc1)NCc1ccc(O)c(F)c1. The number of guanidine groups is 1. The van der Waals surface area contributed by atoms with Crippen LogP contribution in [0.1, 0.15) is 12.0 Å². The van der Waals surface area contributed by atoms with Crippen LogP contribution in [0.15, 0.2) is 53.5 Å². The van der Waals surface area contributed by atoms with Crippen LogP contribution in [0, 0.1) is 5.82 Å². The lowest BCUT2D eigenvalue weighted by atomic mass is 10.2. The number of hydrogen-bond acceptors (Lipinski definition) is 3. The van der Waals surface area contributed by atoms with Gasteiger partial charge in [0, 0.05) is 20.1 Å². The molecular formula is C18H22FN3O2. The molecule has 0 radical (unpaired) electrons. The summed E-state index contributed by atoms with van der Waals surface area (Å²) in [4.78, 5) is 4.11. The number of aromatic hydroxyl groups is 1. The van der Waals surface area contributed by atoms with E-state index in [0.29, 0.717) is 25.7 Å². The van der Waals surface area contributed by atoms with E-state index >= 15 is 0 Å². The normalized spacial score (nSPS) is 11.2. The zero-order valence-corrected chi connectivity index (χ0v) is 13.6. The molecule has 0 aromatic heterocycles. The molecule has 24 heavy (non-hydrogen) atoms. The molecule has 6 heteroatoms. The summed E-state index contributed by atoms with van der Waals surface area (Å²) in [7, 11) is 1.67. The minimum Gasteiger partial charge on any atom is -0.505 e. The lowest BCUT2D eigenvalue weighted by Gasteiger charge is -2.12. The first-order chi connectivity index (χ1) is 11.7. The first-order valence-electron chi connectivity index (χ1n) is 7.79. The van der Waals surface area contributed by atoms with Crippen molar-refractivity contribution in [1.82, 2.24) is 10.6 Å². The molecule has 0 fully saturated rings. The monoisotopic (exact) mass is 331 g/mol. The molecule has 2 aromatic rings. The van der Waals surface area contributed by atoms with E-state index in [1.807, 2.05) is 30.3 Å². The average Bonchev–Trinajstić information content (AvgIpc) is 2.61. The van der Waals surface area contributed by atoms with E-state index in [2.05, 4.69) is 15.6 Å². The number of phenolic OH excluding ortho intramolecular Hbond substituents is 1. The molecular weight excluding hydrogens is 309 g/mol. The van der Waals surface area contributed by atoms with Gasteiger partial charge in [0.1, 0.15) is 5.75 Å². The summed E-state index contributed by atoms with van der Waals surface area (Å²) in [5, 5.41) is 15.4. The second kappa shape index (κ2) is 9.39. The highest BCUT2D eigenvalue weighted by Crippen LogP contribution is 2.15. The van der Waals surface area contributed by atoms with Crippen LogP contribution in [0.3, 0.4) is 0 Å². The van der Waals surface area contributed by atoms with Gasteiger partial charge in [-0.25, -0.2) is 4.39 Å². The maximum absolute atomic E-state index is 13.3. The predicted molar refractivity (Wildman–Crippen MR) is 92.8 cm³/mol. The number of phenols is 1. The van der Waals surface area contributed by atoms with Gasteiger partial charge >= 0.3 is 0 Å². The highest BCUT2D eigenvalue weighted by molar-refractivity contribution is 5.79. The molecule has 0 atom stereocenters. The summed E-state index contributed by atoms with van der Waals surface area (Å²) in [6.07, 6.45) is 0.823. The fourth-order valence-electron chi connectivity index (χ4n) is 2.05. The van der Waals surface area contributed by atoms with Crippen LogP contribution in [0.5, 0.6) is 11.5 Å². The van der Waals surface area contributed by atoms with Crippen LogP contribution in [-0.2, 0) is 6.54 Å². The number of halogens is 1. The molecule has 0 saturated heterocycles. The van der Waals surface area contributed by atoms with Crippen molar-refractivity contribution >= 4 is 5.96 Å². The molecule has 0 amide bonds. The first kappa shape index (κ1) is 17.6. The standard InChI is InChI=1S/C18H22FN3O2/c1-20-18(22-13-14-8-9-17(23)16(19)12-14)21-10-5-11-24-15-6-3-2-4-7-15/h2-4,6-9,12,23H,5,10-11,13H2,1H3,(H2,20,21,22). The molecule has 128 valence electrons. The highest BCUT2D eigenvalue weighted by Gasteiger charge is 2.03. The molecule has 0 saturated carbocycles. The number of para-hydroxylation sites is 1. The summed E-state index contributed by atoms with van der Waals surface area (Å²) < 4.78 is 18.9. The summed E-state index contributed by atoms with van der Waals surface area (Å²) >= 11 is 0. The fraction of sp³-hybridized carbons (Fsp3) is 0.278. The lowest BCUT2D eigenvalue weighted by molar-refractivity contribution is 0.311. The fourth-order valence-corrected chi connectivity index (χ4v) is 2.05. The minimum absolute atomic E-state index is 0.348. The molecule has 0 bridgehead atoms. The van der Waals surface area contributed by atoms with E-state index in [9.17, 15) is 9.50 Å². The topological polar surface area (TPSA) is 65.9 Å². The third-order valence-corrected chi connectivity index (χ3v) is 3.32. The Morgan fingerprint density at radius 2 is 1.96 bits per heavy atom. The number of ether oxygens (including phenoxy) is 1. The first-order valence-corrected chi connectivity index (χ1v) is 7.79. The van der Waals surface area contributed by atoms with E-state index in [-0.39, 0.29) is 5.75 Å². The van der Waals surface area contributed by atoms with Crippen LogP contribution in [-0.4, -0.2) is 31.3 Å². The van der Waals surface area contributed by atoms with Crippen molar-refractivity contribution in [3.05, 3.63) is 59.9 Å². The number of rotatable bonds is 7. The van der Waals surface area contributed by atoms with Crippen LogP contribution in [0.4, 0.5) is 4.39 Å². The van der Waals surface area contributed by atoms with Gasteiger partial charge in [0.2, 0.25) is 0 Å². The van der Waals surface area contributed by atoms with E-state index in [1.165, 1.54) is 12.1 Å². The van der Waals surface area contributed by atoms with Gasteiger partial charge < -0.3 is 20.5 Å². The second-order valence-electron chi connectivity index (χ2n) is 5.15. The molecule has 2 aromatic carbocycles. The Kier molecular flexibility index (Phi) is 6.89. The molecule has 0 spiro atoms. The van der Waals surface area contributed by atoms with E-state index in [1.54, 1.807) is 13.1 Å². The molecule has 0 aliphatic heterocycles. The van der Waals surface area contributed by atoms with Crippen molar-refractivity contribution in [2.24, 2.45) is 4.99 Å². The molecule has 0 aliphatic carbocycles. The Hall–Kier alpha value is -2.76. The third kappa shape index (κ3) is 5.79. The molecule has 0 heterocycles. The van der Waals surface area contributed by atoms with Crippen molar-refractivity contribution < 1.29 is 14.2 Å². The quantitative estimate of drug-likeness (QED) is 0.415. The highest BCUT2D eigenvalue weighted by atomic mass is 19.1. The van der Waals surface area contributed by atoms with Crippen molar-refractivity contribution in [2.75, 3.05) is 20.2 Å². The number of nitrogens with zero attached hydrogens (tertiary/aromatic N) is 1. The summed E-state index contributed by atoms with van der Waals surface area (Å²) in [6, 6.07) is 14.0. The number of aliphatic imine (C=N–C) groups is 1. The maximum atomic E-state index is 13.3. The van der Waals surface area contributed by atoms with Gasteiger partial charge in [-0.2, -0.15) is 0 Å². The van der Waals surface area contributed by atoms with Crippen LogP contribution in [0.25, 0.3) is 0 Å². The smallest absolute Gasteiger partial charge is 0.191 e. The lowest BCUT2D eigenvalue weighted by Crippen LogP contribution is -2.37. The van der Waals surface area contributed by atoms with Gasteiger partial charge in [-0.05, 0) is 36.2 Å². The summed E-state index contributed by atoms with van der Waals surface area (Å²) in [5.41, 5.74) is 0.723. The van der Waals surface area contributed by atoms with E-state index in [0.717, 1.165) is 17.7 Å². The van der Waals surface area contributed by atoms with Crippen molar-refractivity contribution in [3.8, 4) is 11.5 Å². The van der Waals surface area contributed by atoms with Crippen molar-refractivity contribution in [3.63, 3.8) is 0 Å². The average molecular weight is 331 g/mol. The molecule has 0 unspecified atom stereocenters. The van der Waals surface area contributed by atoms with Gasteiger partial charge in [0.25, 0.3) is 0 Å². The third-order valence-electron chi connectivity index (χ3n) is 3.32. The molecule has 5 nitrogen and oxygen atoms in total. The molecule has 0 aliphatic rings. The largest absolute Gasteiger partial charge is 0.505 e. The van der Waals surface area contributed by atoms with Gasteiger partial charge in [-0.1, -0.05) is 24.3 Å². The maximum Gasteiger partial charge on any atom is 0.191 e. The van der Waals surface area contributed by atoms with Crippen molar-refractivity contribution in [1.29, 1.82) is 0 Å². The van der Waals surface area contributed by atoms with Gasteiger partial charge in [-0.15, -0.1) is 0 Å². The van der Waals surface area contributed by atoms with Crippen molar-refractivity contribution in [2.45, 2.75) is 13.0 Å². The predicted octanol–water partition coefficient (Wildman–Crippen LogP) is 2.67. The Morgan fingerprint density at radius 3 is 2.67 bits per heavy atom. The zero-order valence-electron chi connectivity index (χ0n) is 13.6. The second-order valence-corrected chi connectivity index (χ2v) is 5.15. The Morgan fingerprint density at radius 1 is 1.17 bits per heavy atom. The number of nitrogens with one attached hydrogen (secondary N) is 2. The Labute approximate surface area is 141 Å². The van der Waals surface area contributed by atoms with Gasteiger partial charge in [0.15, 0.2) is 17.5 Å². The van der Waals surface area contributed by atoms with Crippen LogP contribution < -0.4 is 15.4 Å².